The van der Waals surface area contributed by atoms with Crippen LogP contribution < -0.4 is 9.64 Å². The number of aryl methyl sites for hydroxylation is 1. The van der Waals surface area contributed by atoms with E-state index in [1.165, 1.54) is 0 Å². The van der Waals surface area contributed by atoms with E-state index in [0.717, 1.165) is 47.3 Å². The maximum atomic E-state index is 12.3. The van der Waals surface area contributed by atoms with Crippen molar-refractivity contribution in [2.75, 3.05) is 31.8 Å². The van der Waals surface area contributed by atoms with Gasteiger partial charge in [-0.2, -0.15) is 4.98 Å². The zero-order valence-electron chi connectivity index (χ0n) is 23.2. The molecular weight excluding hydrogens is 546 g/mol. The molecule has 11 heteroatoms. The van der Waals surface area contributed by atoms with Crippen LogP contribution in [-0.2, 0) is 9.53 Å². The maximum absolute atomic E-state index is 12.3. The number of fused-ring (bicyclic) bond motifs is 4. The van der Waals surface area contributed by atoms with Gasteiger partial charge in [-0.05, 0) is 43.7 Å². The average Bonchev–Trinajstić information content (AvgIpc) is 3.67. The molecule has 0 radical (unpaired) electrons. The second kappa shape index (κ2) is 11.3. The number of hydrogen-bond acceptors (Lipinski definition) is 9. The summed E-state index contributed by atoms with van der Waals surface area (Å²) in [4.78, 5) is 28.5. The first-order valence-electron chi connectivity index (χ1n) is 13.7. The molecule has 41 heavy (non-hydrogen) atoms. The van der Waals surface area contributed by atoms with Crippen molar-refractivity contribution in [1.29, 1.82) is 0 Å². The summed E-state index contributed by atoms with van der Waals surface area (Å²) in [6.45, 7) is 5.87. The molecule has 1 N–H and O–H groups in total. The van der Waals surface area contributed by atoms with Gasteiger partial charge in [0.25, 0.3) is 6.01 Å². The normalized spacial score (nSPS) is 22.7. The number of aliphatic hydroxyl groups is 1. The number of aldehydes is 1. The molecule has 2 saturated heterocycles. The van der Waals surface area contributed by atoms with Gasteiger partial charge in [-0.3, -0.25) is 4.57 Å². The van der Waals surface area contributed by atoms with Gasteiger partial charge in [0.05, 0.1) is 30.2 Å². The quantitative estimate of drug-likeness (QED) is 0.284. The van der Waals surface area contributed by atoms with Crippen molar-refractivity contribution < 1.29 is 23.8 Å². The number of furan rings is 1. The van der Waals surface area contributed by atoms with Crippen molar-refractivity contribution in [1.82, 2.24) is 19.5 Å². The maximum Gasteiger partial charge on any atom is 0.297 e. The van der Waals surface area contributed by atoms with Crippen molar-refractivity contribution in [3.05, 3.63) is 53.3 Å². The van der Waals surface area contributed by atoms with Gasteiger partial charge in [0.15, 0.2) is 11.4 Å². The minimum atomic E-state index is -0.421. The number of imidazole rings is 1. The number of rotatable bonds is 5. The highest BCUT2D eigenvalue weighted by Crippen LogP contribution is 2.39. The van der Waals surface area contributed by atoms with Crippen LogP contribution in [0.4, 0.5) is 5.82 Å². The van der Waals surface area contributed by atoms with E-state index in [2.05, 4.69) is 16.5 Å². The van der Waals surface area contributed by atoms with Gasteiger partial charge >= 0.3 is 0 Å². The van der Waals surface area contributed by atoms with Gasteiger partial charge in [0.1, 0.15) is 29.3 Å². The van der Waals surface area contributed by atoms with Gasteiger partial charge in [-0.1, -0.05) is 30.7 Å². The first-order chi connectivity index (χ1) is 20.0. The zero-order chi connectivity index (χ0) is 28.7. The summed E-state index contributed by atoms with van der Waals surface area (Å²) in [7, 11) is 1.00. The molecule has 1 unspecified atom stereocenters. The lowest BCUT2D eigenvalue weighted by Crippen LogP contribution is -2.32. The van der Waals surface area contributed by atoms with Gasteiger partial charge in [-0.25, -0.2) is 9.97 Å². The first-order valence-corrected chi connectivity index (χ1v) is 14.1. The van der Waals surface area contributed by atoms with E-state index in [9.17, 15) is 4.79 Å². The Bertz CT molecular complexity index is 1720. The standard InChI is InChI=1S/C29H28ClN5O4.CH4O/c1-16-15-37-10-9-23(16)35-24-8-7-18(30)11-22(24)33-29(35)38-20-12-19(14-36)34(13-20)28-27-26(31-17(2)32-28)21-5-3-4-6-25(21)39-27;1-2/h3-8,11,14,16,19-20,23H,9-10,12-13,15H2,1-2H3;2H,1H3/t16?,19-,20-,23+;/m0./s1. The minimum Gasteiger partial charge on any atom is -0.459 e. The fourth-order valence-electron chi connectivity index (χ4n) is 6.02. The number of halogens is 1. The van der Waals surface area contributed by atoms with Crippen molar-refractivity contribution in [3.8, 4) is 6.01 Å². The molecule has 0 bridgehead atoms. The molecule has 2 aliphatic heterocycles. The number of aromatic nitrogens is 4. The molecule has 7 rings (SSSR count). The third kappa shape index (κ3) is 4.90. The number of para-hydroxylation sites is 1. The molecule has 3 aromatic heterocycles. The summed E-state index contributed by atoms with van der Waals surface area (Å²) in [5, 5.41) is 8.55. The molecular formula is C30H32ClN5O5. The predicted molar refractivity (Wildman–Crippen MR) is 157 cm³/mol. The number of benzene rings is 2. The number of anilines is 1. The number of hydrogen-bond donors (Lipinski definition) is 1. The Labute approximate surface area is 241 Å². The SMILES string of the molecule is CO.Cc1nc(N2C[C@@H](Oc3nc4cc(Cl)ccc4n3[C@@H]3CCOCC3C)C[C@H]2C=O)c2oc3ccccc3c2n1. The molecule has 0 amide bonds. The van der Waals surface area contributed by atoms with Crippen LogP contribution in [0, 0.1) is 12.8 Å². The molecule has 10 nitrogen and oxygen atoms in total. The fourth-order valence-corrected chi connectivity index (χ4v) is 6.19. The first kappa shape index (κ1) is 27.4. The zero-order valence-corrected chi connectivity index (χ0v) is 23.9. The van der Waals surface area contributed by atoms with Gasteiger partial charge in [0, 0.05) is 42.5 Å². The third-order valence-corrected chi connectivity index (χ3v) is 8.10. The fraction of sp³-hybridized carbons (Fsp3) is 0.400. The van der Waals surface area contributed by atoms with Crippen LogP contribution in [0.1, 0.15) is 31.6 Å². The lowest BCUT2D eigenvalue weighted by molar-refractivity contribution is -0.108. The molecule has 2 fully saturated rings. The summed E-state index contributed by atoms with van der Waals surface area (Å²) in [6, 6.07) is 13.8. The van der Waals surface area contributed by atoms with Crippen LogP contribution in [0.2, 0.25) is 5.02 Å². The predicted octanol–water partition coefficient (Wildman–Crippen LogP) is 5.12. The van der Waals surface area contributed by atoms with E-state index < -0.39 is 6.04 Å². The van der Waals surface area contributed by atoms with Gasteiger partial charge in [0.2, 0.25) is 0 Å². The molecule has 214 valence electrons. The van der Waals surface area contributed by atoms with Gasteiger partial charge in [-0.15, -0.1) is 0 Å². The number of carbonyl (C=O) groups is 1. The molecule has 2 aliphatic rings. The summed E-state index contributed by atoms with van der Waals surface area (Å²) in [5.74, 6) is 1.52. The highest BCUT2D eigenvalue weighted by molar-refractivity contribution is 6.31. The van der Waals surface area contributed by atoms with Crippen molar-refractivity contribution in [2.45, 2.75) is 44.9 Å². The highest BCUT2D eigenvalue weighted by atomic mass is 35.5. The number of ether oxygens (including phenoxy) is 2. The van der Waals surface area contributed by atoms with Crippen LogP contribution in [0.25, 0.3) is 33.1 Å². The van der Waals surface area contributed by atoms with Crippen LogP contribution in [0.5, 0.6) is 6.01 Å². The number of carbonyl (C=O) groups excluding carboxylic acids is 1. The smallest absolute Gasteiger partial charge is 0.297 e. The second-order valence-corrected chi connectivity index (χ2v) is 10.9. The summed E-state index contributed by atoms with van der Waals surface area (Å²) < 4.78 is 20.7. The Kier molecular flexibility index (Phi) is 7.54. The van der Waals surface area contributed by atoms with E-state index in [-0.39, 0.29) is 12.1 Å². The molecule has 2 aromatic carbocycles. The highest BCUT2D eigenvalue weighted by Gasteiger charge is 2.38. The molecule has 0 aliphatic carbocycles. The Hall–Kier alpha value is -3.73. The van der Waals surface area contributed by atoms with E-state index in [1.807, 2.05) is 54.3 Å². The molecule has 4 atom stereocenters. The largest absolute Gasteiger partial charge is 0.459 e. The second-order valence-electron chi connectivity index (χ2n) is 10.5. The Balaban J connectivity index is 0.00000148. The van der Waals surface area contributed by atoms with Gasteiger partial charge < -0.3 is 28.7 Å². The summed E-state index contributed by atoms with van der Waals surface area (Å²) in [5.41, 5.74) is 3.82. The van der Waals surface area contributed by atoms with Crippen molar-refractivity contribution in [3.63, 3.8) is 0 Å². The summed E-state index contributed by atoms with van der Waals surface area (Å²) >= 11 is 6.30. The summed E-state index contributed by atoms with van der Waals surface area (Å²) in [6.07, 6.45) is 2.04. The number of aliphatic hydroxyl groups excluding tert-OH is 1. The van der Waals surface area contributed by atoms with E-state index >= 15 is 0 Å². The molecule has 0 spiro atoms. The van der Waals surface area contributed by atoms with Crippen LogP contribution in [0.3, 0.4) is 0 Å². The van der Waals surface area contributed by atoms with Crippen LogP contribution >= 0.6 is 11.6 Å². The Morgan fingerprint density at radius 2 is 1.98 bits per heavy atom. The van der Waals surface area contributed by atoms with E-state index in [1.54, 1.807) is 0 Å². The van der Waals surface area contributed by atoms with Crippen LogP contribution in [-0.4, -0.2) is 69.9 Å². The average molecular weight is 578 g/mol. The lowest BCUT2D eigenvalue weighted by atomic mass is 9.97. The Morgan fingerprint density at radius 1 is 1.15 bits per heavy atom. The third-order valence-electron chi connectivity index (χ3n) is 7.87. The number of nitrogens with zero attached hydrogens (tertiary/aromatic N) is 5. The van der Waals surface area contributed by atoms with Crippen LogP contribution in [0.15, 0.2) is 46.9 Å². The molecule has 5 aromatic rings. The van der Waals surface area contributed by atoms with E-state index in [0.29, 0.717) is 60.4 Å². The molecule has 0 saturated carbocycles. The molecule has 5 heterocycles. The topological polar surface area (TPSA) is 116 Å². The Morgan fingerprint density at radius 3 is 2.78 bits per heavy atom. The van der Waals surface area contributed by atoms with Crippen molar-refractivity contribution >= 4 is 56.8 Å². The monoisotopic (exact) mass is 577 g/mol. The van der Waals surface area contributed by atoms with E-state index in [4.69, 9.17) is 40.6 Å². The minimum absolute atomic E-state index is 0.180. The van der Waals surface area contributed by atoms with Crippen molar-refractivity contribution in [2.24, 2.45) is 5.92 Å². The lowest BCUT2D eigenvalue weighted by Gasteiger charge is -2.31.